The van der Waals surface area contributed by atoms with E-state index in [2.05, 4.69) is 15.2 Å². The summed E-state index contributed by atoms with van der Waals surface area (Å²) in [6, 6.07) is 0.740. The molecular weight excluding hydrogens is 619 g/mol. The number of anilines is 2. The number of amides is 2. The summed E-state index contributed by atoms with van der Waals surface area (Å²) in [6.45, 7) is 9.63. The largest absolute Gasteiger partial charge is 0.465 e. The molecule has 4 bridgehead atoms. The van der Waals surface area contributed by atoms with Gasteiger partial charge >= 0.3 is 24.3 Å². The summed E-state index contributed by atoms with van der Waals surface area (Å²) in [5.74, 6) is -2.77. The first-order valence-corrected chi connectivity index (χ1v) is 14.6. The molecule has 1 unspecified atom stereocenters. The van der Waals surface area contributed by atoms with Crippen molar-refractivity contribution in [2.24, 2.45) is 0 Å². The molecule has 0 aromatic carbocycles. The van der Waals surface area contributed by atoms with Gasteiger partial charge in [-0.25, -0.2) is 19.4 Å². The number of hydrogen-bond donors (Lipinski definition) is 1. The number of carbonyl (C=O) groups excluding carboxylic acids is 3. The lowest BCUT2D eigenvalue weighted by atomic mass is 9.97. The van der Waals surface area contributed by atoms with E-state index in [4.69, 9.17) is 23.4 Å². The van der Waals surface area contributed by atoms with Gasteiger partial charge in [0.05, 0.1) is 25.4 Å². The van der Waals surface area contributed by atoms with Gasteiger partial charge in [-0.3, -0.25) is 0 Å². The average Bonchev–Trinajstić information content (AvgIpc) is 3.59. The van der Waals surface area contributed by atoms with Gasteiger partial charge in [-0.05, 0) is 73.3 Å². The van der Waals surface area contributed by atoms with Gasteiger partial charge in [-0.2, -0.15) is 18.1 Å². The normalized spacial score (nSPS) is 20.8. The molecule has 17 heteroatoms. The number of fused-ring (bicyclic) bond motifs is 7. The molecule has 2 aromatic rings. The van der Waals surface area contributed by atoms with Crippen LogP contribution < -0.4 is 9.80 Å². The third-order valence-electron chi connectivity index (χ3n) is 7.02. The van der Waals surface area contributed by atoms with Gasteiger partial charge in [-0.1, -0.05) is 0 Å². The highest BCUT2D eigenvalue weighted by Gasteiger charge is 2.58. The smallest absolute Gasteiger partial charge is 0.426 e. The molecule has 2 aromatic heterocycles. The van der Waals surface area contributed by atoms with Gasteiger partial charge in [0.25, 0.3) is 11.8 Å². The van der Waals surface area contributed by atoms with Crippen LogP contribution in [0.5, 0.6) is 0 Å². The fourth-order valence-electron chi connectivity index (χ4n) is 4.98. The molecule has 46 heavy (non-hydrogen) atoms. The molecule has 0 aliphatic carbocycles. The van der Waals surface area contributed by atoms with Crippen LogP contribution in [-0.2, 0) is 24.5 Å². The van der Waals surface area contributed by atoms with Crippen molar-refractivity contribution in [2.45, 2.75) is 96.2 Å². The second-order valence-electron chi connectivity index (χ2n) is 13.0. The Kier molecular flexibility index (Phi) is 9.60. The number of esters is 1. The number of pyridine rings is 1. The van der Waals surface area contributed by atoms with Crippen molar-refractivity contribution in [1.82, 2.24) is 15.2 Å². The molecule has 4 rings (SSSR count). The molecule has 2 atom stereocenters. The molecular formula is C29H38F3N5O9. The fraction of sp³-hybridized carbons (Fsp3) is 0.655. The Morgan fingerprint density at radius 1 is 1.04 bits per heavy atom. The van der Waals surface area contributed by atoms with Gasteiger partial charge in [0.15, 0.2) is 5.69 Å². The van der Waals surface area contributed by atoms with Gasteiger partial charge in [0.2, 0.25) is 5.60 Å². The Morgan fingerprint density at radius 3 is 2.24 bits per heavy atom. The third-order valence-corrected chi connectivity index (χ3v) is 7.02. The Morgan fingerprint density at radius 2 is 1.67 bits per heavy atom. The highest BCUT2D eigenvalue weighted by Crippen LogP contribution is 2.44. The number of alkyl halides is 3. The second kappa shape index (κ2) is 12.7. The van der Waals surface area contributed by atoms with E-state index in [9.17, 15) is 32.7 Å². The molecule has 254 valence electrons. The molecule has 14 nitrogen and oxygen atoms in total. The highest BCUT2D eigenvalue weighted by molar-refractivity contribution is 6.12. The SMILES string of the molecule is COC(=O)c1cc(N(C(=O)OC(C)(C)C)C(=O)OC(C)(C)C)c2nc1N1CCC[C@H]1COCCCC(O)(C(F)(F)F)c1nnc-2o1. The molecule has 2 amide bonds. The van der Waals surface area contributed by atoms with Crippen molar-refractivity contribution in [1.29, 1.82) is 0 Å². The Labute approximate surface area is 263 Å². The maximum atomic E-state index is 14.3. The zero-order valence-corrected chi connectivity index (χ0v) is 26.7. The van der Waals surface area contributed by atoms with Crippen molar-refractivity contribution in [3.8, 4) is 11.6 Å². The van der Waals surface area contributed by atoms with E-state index in [0.717, 1.165) is 13.2 Å². The van der Waals surface area contributed by atoms with Gasteiger partial charge < -0.3 is 33.4 Å². The van der Waals surface area contributed by atoms with E-state index >= 15 is 0 Å². The minimum Gasteiger partial charge on any atom is -0.465 e. The number of imide groups is 1. The van der Waals surface area contributed by atoms with Crippen molar-refractivity contribution in [3.05, 3.63) is 17.5 Å². The zero-order valence-electron chi connectivity index (χ0n) is 26.7. The lowest BCUT2D eigenvalue weighted by molar-refractivity contribution is -0.277. The summed E-state index contributed by atoms with van der Waals surface area (Å²) in [6.07, 6.45) is -7.57. The number of methoxy groups -OCH3 is 1. The summed E-state index contributed by atoms with van der Waals surface area (Å²) in [4.78, 5) is 47.2. The predicted octanol–water partition coefficient (Wildman–Crippen LogP) is 5.12. The van der Waals surface area contributed by atoms with Gasteiger partial charge in [0, 0.05) is 13.2 Å². The first-order valence-electron chi connectivity index (χ1n) is 14.6. The van der Waals surface area contributed by atoms with Crippen LogP contribution in [0.1, 0.15) is 83.5 Å². The monoisotopic (exact) mass is 657 g/mol. The first-order chi connectivity index (χ1) is 21.3. The Balaban J connectivity index is 2.06. The average molecular weight is 658 g/mol. The summed E-state index contributed by atoms with van der Waals surface area (Å²) >= 11 is 0. The van der Waals surface area contributed by atoms with Crippen molar-refractivity contribution >= 4 is 29.7 Å². The van der Waals surface area contributed by atoms with E-state index in [1.165, 1.54) is 0 Å². The summed E-state index contributed by atoms with van der Waals surface area (Å²) in [5, 5.41) is 18.1. The minimum atomic E-state index is -5.23. The molecule has 1 fully saturated rings. The summed E-state index contributed by atoms with van der Waals surface area (Å²) < 4.78 is 69.9. The molecule has 1 saturated heterocycles. The molecule has 2 aliphatic rings. The number of nitrogens with zero attached hydrogens (tertiary/aromatic N) is 5. The first kappa shape index (κ1) is 34.9. The minimum absolute atomic E-state index is 0.00733. The topological polar surface area (TPSA) is 167 Å². The molecule has 2 aliphatic heterocycles. The van der Waals surface area contributed by atoms with Crippen LogP contribution in [0, 0.1) is 0 Å². The number of rotatable bonds is 2. The Bertz CT molecular complexity index is 1440. The Hall–Kier alpha value is -3.99. The van der Waals surface area contributed by atoms with Crippen LogP contribution in [0.4, 0.5) is 34.3 Å². The molecule has 0 saturated carbocycles. The maximum absolute atomic E-state index is 14.3. The van der Waals surface area contributed by atoms with Crippen LogP contribution in [0.2, 0.25) is 0 Å². The number of hydrogen-bond acceptors (Lipinski definition) is 13. The van der Waals surface area contributed by atoms with Crippen LogP contribution >= 0.6 is 0 Å². The van der Waals surface area contributed by atoms with Crippen molar-refractivity contribution < 1.29 is 56.0 Å². The highest BCUT2D eigenvalue weighted by atomic mass is 19.4. The zero-order chi connectivity index (χ0) is 34.2. The maximum Gasteiger partial charge on any atom is 0.426 e. The summed E-state index contributed by atoms with van der Waals surface area (Å²) in [7, 11) is 1.12. The van der Waals surface area contributed by atoms with Gasteiger partial charge in [-0.15, -0.1) is 10.2 Å². The quantitative estimate of drug-likeness (QED) is 0.334. The number of aliphatic hydroxyl groups is 1. The van der Waals surface area contributed by atoms with Crippen molar-refractivity contribution in [3.63, 3.8) is 0 Å². The third kappa shape index (κ3) is 7.35. The fourth-order valence-corrected chi connectivity index (χ4v) is 4.98. The molecule has 0 radical (unpaired) electrons. The number of aromatic nitrogens is 3. The standard InChI is InChI=1S/C29H38F3N5O9/c1-26(2,3)45-24(39)37(25(40)46-27(4,5)6)18-14-17(22(38)42-7)20-33-19(18)21-34-35-23(44-21)28(41,29(30,31)32)11-9-13-43-15-16-10-8-12-36(16)20/h14,16,41H,8-13,15H2,1-7H3/t16-,28?/m0/s1. The predicted molar refractivity (Wildman–Crippen MR) is 154 cm³/mol. The lowest BCUT2D eigenvalue weighted by Crippen LogP contribution is -2.44. The van der Waals surface area contributed by atoms with Crippen LogP contribution in [0.25, 0.3) is 11.6 Å². The summed E-state index contributed by atoms with van der Waals surface area (Å²) in [5.41, 5.74) is -6.97. The van der Waals surface area contributed by atoms with Crippen LogP contribution in [0.15, 0.2) is 10.5 Å². The van der Waals surface area contributed by atoms with Crippen molar-refractivity contribution in [2.75, 3.05) is 36.7 Å². The molecule has 4 heterocycles. The molecule has 0 spiro atoms. The second-order valence-corrected chi connectivity index (χ2v) is 13.0. The van der Waals surface area contributed by atoms with Crippen LogP contribution in [-0.4, -0.2) is 88.7 Å². The van der Waals surface area contributed by atoms with Gasteiger partial charge in [0.1, 0.15) is 22.6 Å². The van der Waals surface area contributed by atoms with E-state index in [1.54, 1.807) is 46.4 Å². The van der Waals surface area contributed by atoms with E-state index in [1.807, 2.05) is 0 Å². The van der Waals surface area contributed by atoms with Crippen LogP contribution in [0.3, 0.4) is 0 Å². The van der Waals surface area contributed by atoms with E-state index < -0.39 is 70.7 Å². The molecule has 1 N–H and O–H groups in total. The van der Waals surface area contributed by atoms with E-state index in [-0.39, 0.29) is 37.1 Å². The number of halogens is 3. The number of carbonyl (C=O) groups is 3. The number of ether oxygens (including phenoxy) is 4. The van der Waals surface area contributed by atoms with E-state index in [0.29, 0.717) is 24.3 Å². The lowest BCUT2D eigenvalue weighted by Gasteiger charge is -2.31.